The van der Waals surface area contributed by atoms with Gasteiger partial charge in [0.25, 0.3) is 17.7 Å². The lowest BCUT2D eigenvalue weighted by atomic mass is 10.0. The van der Waals surface area contributed by atoms with Crippen LogP contribution < -0.4 is 5.32 Å². The number of benzene rings is 2. The van der Waals surface area contributed by atoms with Crippen LogP contribution in [0.2, 0.25) is 0 Å². The molecule has 0 unspecified atom stereocenters. The van der Waals surface area contributed by atoms with E-state index in [4.69, 9.17) is 9.47 Å². The number of para-hydroxylation sites is 1. The molecule has 1 aliphatic heterocycles. The molecule has 3 amide bonds. The molecule has 0 saturated carbocycles. The molecular formula is C21H20N2O6. The van der Waals surface area contributed by atoms with Crippen molar-refractivity contribution in [1.82, 2.24) is 4.90 Å². The molecule has 0 aliphatic carbocycles. The summed E-state index contributed by atoms with van der Waals surface area (Å²) < 4.78 is 9.67. The standard InChI is InChI=1S/C21H20N2O6/c1-28-11-5-10-23-19(25)14-9-8-13(12-16(14)20(23)26)18(24)22-17-7-4-3-6-15(17)21(27)29-2/h3-4,6-9,12H,5,10-11H2,1-2H3,(H,22,24). The van der Waals surface area contributed by atoms with Crippen LogP contribution in [0.5, 0.6) is 0 Å². The molecule has 2 aromatic rings. The Kier molecular flexibility index (Phi) is 6.04. The number of ether oxygens (including phenoxy) is 2. The number of rotatable bonds is 7. The van der Waals surface area contributed by atoms with Gasteiger partial charge in [-0.3, -0.25) is 19.3 Å². The zero-order chi connectivity index (χ0) is 21.0. The molecule has 0 spiro atoms. The first-order valence-electron chi connectivity index (χ1n) is 8.95. The van der Waals surface area contributed by atoms with Crippen molar-refractivity contribution in [3.8, 4) is 0 Å². The lowest BCUT2D eigenvalue weighted by Gasteiger charge is -2.12. The minimum atomic E-state index is -0.581. The van der Waals surface area contributed by atoms with Gasteiger partial charge in [-0.25, -0.2) is 4.79 Å². The number of hydrogen-bond donors (Lipinski definition) is 1. The third kappa shape index (κ3) is 4.02. The summed E-state index contributed by atoms with van der Waals surface area (Å²) in [6.45, 7) is 0.675. The van der Waals surface area contributed by atoms with Gasteiger partial charge in [-0.2, -0.15) is 0 Å². The molecule has 8 nitrogen and oxygen atoms in total. The van der Waals surface area contributed by atoms with Gasteiger partial charge in [0.15, 0.2) is 0 Å². The third-order valence-electron chi connectivity index (χ3n) is 4.54. The molecule has 0 aromatic heterocycles. The highest BCUT2D eigenvalue weighted by molar-refractivity contribution is 6.22. The summed E-state index contributed by atoms with van der Waals surface area (Å²) >= 11 is 0. The number of carbonyl (C=O) groups is 4. The molecule has 1 aliphatic rings. The second kappa shape index (κ2) is 8.66. The second-order valence-corrected chi connectivity index (χ2v) is 6.36. The van der Waals surface area contributed by atoms with E-state index in [1.807, 2.05) is 0 Å². The maximum atomic E-state index is 12.7. The number of nitrogens with zero attached hydrogens (tertiary/aromatic N) is 1. The zero-order valence-corrected chi connectivity index (χ0v) is 16.1. The Balaban J connectivity index is 1.82. The van der Waals surface area contributed by atoms with E-state index in [2.05, 4.69) is 5.32 Å². The number of carbonyl (C=O) groups excluding carboxylic acids is 4. The SMILES string of the molecule is COCCCN1C(=O)c2ccc(C(=O)Nc3ccccc3C(=O)OC)cc2C1=O. The smallest absolute Gasteiger partial charge is 0.339 e. The van der Waals surface area contributed by atoms with Gasteiger partial charge < -0.3 is 14.8 Å². The number of anilines is 1. The average molecular weight is 396 g/mol. The Morgan fingerprint density at radius 3 is 2.45 bits per heavy atom. The predicted molar refractivity (Wildman–Crippen MR) is 104 cm³/mol. The first kappa shape index (κ1) is 20.2. The number of imide groups is 1. The van der Waals surface area contributed by atoms with Crippen molar-refractivity contribution < 1.29 is 28.7 Å². The van der Waals surface area contributed by atoms with Crippen molar-refractivity contribution in [3.63, 3.8) is 0 Å². The Morgan fingerprint density at radius 1 is 1.00 bits per heavy atom. The Bertz CT molecular complexity index is 985. The van der Waals surface area contributed by atoms with Gasteiger partial charge in [0.2, 0.25) is 0 Å². The van der Waals surface area contributed by atoms with E-state index in [-0.39, 0.29) is 40.4 Å². The summed E-state index contributed by atoms with van der Waals surface area (Å²) in [7, 11) is 2.80. The quantitative estimate of drug-likeness (QED) is 0.438. The van der Waals surface area contributed by atoms with Crippen LogP contribution >= 0.6 is 0 Å². The molecule has 0 bridgehead atoms. The Labute approximate surface area is 167 Å². The molecule has 0 saturated heterocycles. The van der Waals surface area contributed by atoms with E-state index in [1.54, 1.807) is 25.3 Å². The molecule has 1 N–H and O–H groups in total. The summed E-state index contributed by atoms with van der Waals surface area (Å²) in [5.74, 6) is -1.92. The first-order valence-corrected chi connectivity index (χ1v) is 8.95. The van der Waals surface area contributed by atoms with Crippen LogP contribution in [0.4, 0.5) is 5.69 Å². The summed E-state index contributed by atoms with van der Waals surface area (Å²) in [6, 6.07) is 10.8. The van der Waals surface area contributed by atoms with Crippen molar-refractivity contribution in [2.75, 3.05) is 32.7 Å². The Morgan fingerprint density at radius 2 is 1.72 bits per heavy atom. The van der Waals surface area contributed by atoms with Crippen LogP contribution in [-0.2, 0) is 9.47 Å². The number of esters is 1. The molecule has 0 radical (unpaired) electrons. The summed E-state index contributed by atoms with van der Waals surface area (Å²) in [6.07, 6.45) is 0.527. The van der Waals surface area contributed by atoms with Crippen molar-refractivity contribution >= 4 is 29.4 Å². The van der Waals surface area contributed by atoms with Crippen molar-refractivity contribution in [2.45, 2.75) is 6.42 Å². The number of fused-ring (bicyclic) bond motifs is 1. The molecule has 3 rings (SSSR count). The maximum absolute atomic E-state index is 12.7. The average Bonchev–Trinajstić information content (AvgIpc) is 2.98. The number of amides is 3. The third-order valence-corrected chi connectivity index (χ3v) is 4.54. The van der Waals surface area contributed by atoms with E-state index < -0.39 is 17.8 Å². The highest BCUT2D eigenvalue weighted by atomic mass is 16.5. The van der Waals surface area contributed by atoms with Crippen molar-refractivity contribution in [3.05, 3.63) is 64.7 Å². The van der Waals surface area contributed by atoms with Gasteiger partial charge >= 0.3 is 5.97 Å². The predicted octanol–water partition coefficient (Wildman–Crippen LogP) is 2.36. The highest BCUT2D eigenvalue weighted by Gasteiger charge is 2.35. The zero-order valence-electron chi connectivity index (χ0n) is 16.1. The topological polar surface area (TPSA) is 102 Å². The molecule has 1 heterocycles. The summed E-state index contributed by atoms with van der Waals surface area (Å²) in [5.41, 5.74) is 1.14. The molecule has 8 heteroatoms. The number of nitrogens with one attached hydrogen (secondary N) is 1. The fraction of sp³-hybridized carbons (Fsp3) is 0.238. The lowest BCUT2D eigenvalue weighted by molar-refractivity contribution is 0.0598. The van der Waals surface area contributed by atoms with E-state index in [9.17, 15) is 19.2 Å². The highest BCUT2D eigenvalue weighted by Crippen LogP contribution is 2.25. The van der Waals surface area contributed by atoms with Crippen molar-refractivity contribution in [1.29, 1.82) is 0 Å². The van der Waals surface area contributed by atoms with Crippen LogP contribution in [-0.4, -0.2) is 56.0 Å². The lowest BCUT2D eigenvalue weighted by Crippen LogP contribution is -2.31. The minimum Gasteiger partial charge on any atom is -0.465 e. The van der Waals surface area contributed by atoms with Crippen LogP contribution in [0, 0.1) is 0 Å². The van der Waals surface area contributed by atoms with Crippen molar-refractivity contribution in [2.24, 2.45) is 0 Å². The second-order valence-electron chi connectivity index (χ2n) is 6.36. The summed E-state index contributed by atoms with van der Waals surface area (Å²) in [4.78, 5) is 50.7. The van der Waals surface area contributed by atoms with Crippen LogP contribution in [0.1, 0.15) is 47.9 Å². The van der Waals surface area contributed by atoms with Gasteiger partial charge in [0, 0.05) is 25.8 Å². The molecule has 2 aromatic carbocycles. The van der Waals surface area contributed by atoms with E-state index >= 15 is 0 Å². The minimum absolute atomic E-state index is 0.182. The van der Waals surface area contributed by atoms with Gasteiger partial charge in [-0.15, -0.1) is 0 Å². The fourth-order valence-corrected chi connectivity index (χ4v) is 3.08. The van der Waals surface area contributed by atoms with Gasteiger partial charge in [0.1, 0.15) is 0 Å². The molecule has 0 atom stereocenters. The number of hydrogen-bond acceptors (Lipinski definition) is 6. The largest absolute Gasteiger partial charge is 0.465 e. The van der Waals surface area contributed by atoms with Gasteiger partial charge in [-0.1, -0.05) is 12.1 Å². The first-order chi connectivity index (χ1) is 14.0. The van der Waals surface area contributed by atoms with E-state index in [0.29, 0.717) is 13.0 Å². The van der Waals surface area contributed by atoms with E-state index in [1.165, 1.54) is 31.4 Å². The normalized spacial score (nSPS) is 12.7. The van der Waals surface area contributed by atoms with Gasteiger partial charge in [-0.05, 0) is 36.8 Å². The van der Waals surface area contributed by atoms with Gasteiger partial charge in [0.05, 0.1) is 29.5 Å². The van der Waals surface area contributed by atoms with E-state index in [0.717, 1.165) is 4.90 Å². The fourth-order valence-electron chi connectivity index (χ4n) is 3.08. The molecule has 0 fully saturated rings. The van der Waals surface area contributed by atoms with Crippen LogP contribution in [0.3, 0.4) is 0 Å². The monoisotopic (exact) mass is 396 g/mol. The molecule has 150 valence electrons. The van der Waals surface area contributed by atoms with Crippen LogP contribution in [0.25, 0.3) is 0 Å². The Hall–Kier alpha value is -3.52. The molecular weight excluding hydrogens is 376 g/mol. The number of methoxy groups -OCH3 is 2. The molecule has 29 heavy (non-hydrogen) atoms. The summed E-state index contributed by atoms with van der Waals surface area (Å²) in [5, 5.41) is 2.65. The van der Waals surface area contributed by atoms with Crippen LogP contribution in [0.15, 0.2) is 42.5 Å². The maximum Gasteiger partial charge on any atom is 0.339 e.